The first-order valence-electron chi connectivity index (χ1n) is 10.3. The molecule has 0 radical (unpaired) electrons. The molecule has 1 fully saturated rings. The number of amides is 1. The van der Waals surface area contributed by atoms with Gasteiger partial charge in [0.15, 0.2) is 5.65 Å². The van der Waals surface area contributed by atoms with Crippen molar-refractivity contribution in [1.82, 2.24) is 24.9 Å². The first kappa shape index (κ1) is 19.5. The Hall–Kier alpha value is -3.46. The maximum Gasteiger partial charge on any atom is 0.272 e. The molecule has 1 atom stereocenters. The highest BCUT2D eigenvalue weighted by Gasteiger charge is 2.20. The van der Waals surface area contributed by atoms with Crippen molar-refractivity contribution < 1.29 is 13.9 Å². The predicted molar refractivity (Wildman–Crippen MR) is 113 cm³/mol. The Balaban J connectivity index is 1.38. The van der Waals surface area contributed by atoms with Gasteiger partial charge < -0.3 is 15.0 Å². The second-order valence-electron chi connectivity index (χ2n) is 7.92. The molecule has 3 N–H and O–H groups in total. The molecule has 1 aromatic carbocycles. The molecule has 5 rings (SSSR count). The molecule has 8 nitrogen and oxygen atoms in total. The lowest BCUT2D eigenvalue weighted by Crippen LogP contribution is -2.29. The van der Waals surface area contributed by atoms with E-state index in [1.165, 1.54) is 22.7 Å². The number of ether oxygens (including phenoxy) is 1. The zero-order valence-electron chi connectivity index (χ0n) is 16.9. The summed E-state index contributed by atoms with van der Waals surface area (Å²) < 4.78 is 20.2. The number of aromatic amines is 2. The summed E-state index contributed by atoms with van der Waals surface area (Å²) in [6.45, 7) is 3.18. The number of aromatic nitrogens is 4. The number of carbonyl (C=O) groups is 1. The fourth-order valence-corrected chi connectivity index (χ4v) is 4.04. The standard InChI is InChI=1S/C22H22FN5O3/c1-12(24-22(30)19-9-14-8-15(23)2-3-16(14)25-19)17-11-21(29)28-20(26-17)10-18(27-28)13-4-6-31-7-5-13/h2-3,8-13,25,27H,4-7H2,1H3,(H,24,30). The molecular weight excluding hydrogens is 401 g/mol. The average Bonchev–Trinajstić information content (AvgIpc) is 3.38. The van der Waals surface area contributed by atoms with E-state index in [2.05, 4.69) is 20.4 Å². The third-order valence-electron chi connectivity index (χ3n) is 5.77. The van der Waals surface area contributed by atoms with Crippen LogP contribution in [-0.2, 0) is 4.74 Å². The normalized spacial score (nSPS) is 16.1. The molecule has 0 saturated carbocycles. The molecule has 4 heterocycles. The molecule has 0 aliphatic carbocycles. The van der Waals surface area contributed by atoms with Gasteiger partial charge in [0.25, 0.3) is 11.5 Å². The van der Waals surface area contributed by atoms with E-state index in [0.29, 0.717) is 47.1 Å². The van der Waals surface area contributed by atoms with Crippen molar-refractivity contribution in [3.8, 4) is 0 Å². The van der Waals surface area contributed by atoms with Gasteiger partial charge in [-0.25, -0.2) is 13.9 Å². The Labute approximate surface area is 176 Å². The summed E-state index contributed by atoms with van der Waals surface area (Å²) in [6.07, 6.45) is 1.80. The van der Waals surface area contributed by atoms with E-state index in [0.717, 1.165) is 18.5 Å². The number of nitrogens with one attached hydrogen (secondary N) is 3. The van der Waals surface area contributed by atoms with Crippen LogP contribution in [0.4, 0.5) is 4.39 Å². The Morgan fingerprint density at radius 1 is 1.26 bits per heavy atom. The Morgan fingerprint density at radius 2 is 2.06 bits per heavy atom. The maximum absolute atomic E-state index is 13.4. The van der Waals surface area contributed by atoms with Gasteiger partial charge in [-0.15, -0.1) is 0 Å². The summed E-state index contributed by atoms with van der Waals surface area (Å²) in [5.41, 5.74) is 2.70. The minimum absolute atomic E-state index is 0.236. The van der Waals surface area contributed by atoms with E-state index in [1.807, 2.05) is 6.07 Å². The third kappa shape index (κ3) is 3.72. The number of nitrogens with zero attached hydrogens (tertiary/aromatic N) is 2. The molecule has 9 heteroatoms. The minimum Gasteiger partial charge on any atom is -0.381 e. The van der Waals surface area contributed by atoms with Crippen LogP contribution in [0.5, 0.6) is 0 Å². The first-order valence-corrected chi connectivity index (χ1v) is 10.3. The lowest BCUT2D eigenvalue weighted by molar-refractivity contribution is 0.0844. The minimum atomic E-state index is -0.491. The number of carbonyl (C=O) groups excluding carboxylic acids is 1. The molecule has 4 aromatic rings. The van der Waals surface area contributed by atoms with Crippen LogP contribution in [0.3, 0.4) is 0 Å². The van der Waals surface area contributed by atoms with Gasteiger partial charge >= 0.3 is 0 Å². The van der Waals surface area contributed by atoms with E-state index in [9.17, 15) is 14.0 Å². The second kappa shape index (κ2) is 7.66. The number of halogens is 1. The van der Waals surface area contributed by atoms with Crippen LogP contribution >= 0.6 is 0 Å². The fourth-order valence-electron chi connectivity index (χ4n) is 4.04. The molecule has 160 valence electrons. The SMILES string of the molecule is CC(NC(=O)c1cc2cc(F)ccc2[nH]1)c1cc(=O)n2[nH]c(C3CCOCC3)cc2n1. The van der Waals surface area contributed by atoms with E-state index >= 15 is 0 Å². The molecule has 0 spiro atoms. The smallest absolute Gasteiger partial charge is 0.272 e. The number of hydrogen-bond donors (Lipinski definition) is 3. The molecule has 1 amide bonds. The molecule has 0 bridgehead atoms. The topological polar surface area (TPSA) is 104 Å². The number of fused-ring (bicyclic) bond motifs is 2. The summed E-state index contributed by atoms with van der Waals surface area (Å²) in [5, 5.41) is 6.61. The summed E-state index contributed by atoms with van der Waals surface area (Å²) in [4.78, 5) is 32.9. The molecule has 1 aliphatic heterocycles. The Kier molecular flexibility index (Phi) is 4.82. The van der Waals surface area contributed by atoms with Gasteiger partial charge in [-0.05, 0) is 44.0 Å². The first-order chi connectivity index (χ1) is 15.0. The van der Waals surface area contributed by atoms with E-state index < -0.39 is 6.04 Å². The van der Waals surface area contributed by atoms with Gasteiger partial charge in [0.2, 0.25) is 0 Å². The van der Waals surface area contributed by atoms with Gasteiger partial charge in [0.1, 0.15) is 11.5 Å². The van der Waals surface area contributed by atoms with Gasteiger partial charge in [0.05, 0.1) is 11.7 Å². The zero-order valence-corrected chi connectivity index (χ0v) is 16.9. The fraction of sp³-hybridized carbons (Fsp3) is 0.318. The number of benzene rings is 1. The van der Waals surface area contributed by atoms with Crippen LogP contribution in [0.15, 0.2) is 41.2 Å². The van der Waals surface area contributed by atoms with E-state index in [-0.39, 0.29) is 17.3 Å². The highest BCUT2D eigenvalue weighted by molar-refractivity contribution is 5.98. The summed E-state index contributed by atoms with van der Waals surface area (Å²) >= 11 is 0. The summed E-state index contributed by atoms with van der Waals surface area (Å²) in [5.74, 6) is -0.415. The van der Waals surface area contributed by atoms with Crippen LogP contribution < -0.4 is 10.9 Å². The van der Waals surface area contributed by atoms with E-state index in [4.69, 9.17) is 4.74 Å². The molecule has 1 unspecified atom stereocenters. The zero-order chi connectivity index (χ0) is 21.5. The van der Waals surface area contributed by atoms with Gasteiger partial charge in [0, 0.05) is 47.9 Å². The van der Waals surface area contributed by atoms with Crippen LogP contribution in [-0.4, -0.2) is 38.7 Å². The second-order valence-corrected chi connectivity index (χ2v) is 7.92. The summed E-state index contributed by atoms with van der Waals surface area (Å²) in [6, 6.07) is 8.70. The largest absolute Gasteiger partial charge is 0.381 e. The van der Waals surface area contributed by atoms with Crippen molar-refractivity contribution in [2.75, 3.05) is 13.2 Å². The lowest BCUT2D eigenvalue weighted by Gasteiger charge is -2.20. The monoisotopic (exact) mass is 423 g/mol. The average molecular weight is 423 g/mol. The molecule has 1 saturated heterocycles. The highest BCUT2D eigenvalue weighted by atomic mass is 19.1. The number of H-pyrrole nitrogens is 2. The lowest BCUT2D eigenvalue weighted by atomic mass is 9.97. The predicted octanol–water partition coefficient (Wildman–Crippen LogP) is 3.03. The van der Waals surface area contributed by atoms with Gasteiger partial charge in [-0.3, -0.25) is 14.7 Å². The van der Waals surface area contributed by atoms with Crippen LogP contribution in [0.2, 0.25) is 0 Å². The molecular formula is C22H22FN5O3. The van der Waals surface area contributed by atoms with Crippen LogP contribution in [0.25, 0.3) is 16.6 Å². The highest BCUT2D eigenvalue weighted by Crippen LogP contribution is 2.26. The molecule has 3 aromatic heterocycles. The molecule has 31 heavy (non-hydrogen) atoms. The van der Waals surface area contributed by atoms with Crippen molar-refractivity contribution in [3.63, 3.8) is 0 Å². The van der Waals surface area contributed by atoms with Crippen LogP contribution in [0.1, 0.15) is 53.6 Å². The van der Waals surface area contributed by atoms with Crippen molar-refractivity contribution in [2.45, 2.75) is 31.7 Å². The maximum atomic E-state index is 13.4. The number of rotatable bonds is 4. The van der Waals surface area contributed by atoms with Crippen molar-refractivity contribution in [2.24, 2.45) is 0 Å². The molecule has 1 aliphatic rings. The van der Waals surface area contributed by atoms with Crippen molar-refractivity contribution >= 4 is 22.5 Å². The third-order valence-corrected chi connectivity index (χ3v) is 5.77. The van der Waals surface area contributed by atoms with Gasteiger partial charge in [-0.1, -0.05) is 0 Å². The number of hydrogen-bond acceptors (Lipinski definition) is 4. The van der Waals surface area contributed by atoms with Crippen molar-refractivity contribution in [1.29, 1.82) is 0 Å². The van der Waals surface area contributed by atoms with E-state index in [1.54, 1.807) is 19.1 Å². The van der Waals surface area contributed by atoms with Gasteiger partial charge in [-0.2, -0.15) is 0 Å². The Bertz CT molecular complexity index is 1330. The summed E-state index contributed by atoms with van der Waals surface area (Å²) in [7, 11) is 0. The quantitative estimate of drug-likeness (QED) is 0.469. The van der Waals surface area contributed by atoms with Crippen molar-refractivity contribution in [3.05, 3.63) is 69.7 Å². The Morgan fingerprint density at radius 3 is 2.87 bits per heavy atom. The van der Waals surface area contributed by atoms with Crippen LogP contribution in [0, 0.1) is 5.82 Å².